The van der Waals surface area contributed by atoms with E-state index in [-0.39, 0.29) is 58.2 Å². The van der Waals surface area contributed by atoms with E-state index in [1.807, 2.05) is 0 Å². The summed E-state index contributed by atoms with van der Waals surface area (Å²) in [5.41, 5.74) is 4.94. The molecule has 170 valence electrons. The molecule has 12 nitrogen and oxygen atoms in total. The second-order valence-electron chi connectivity index (χ2n) is 6.07. The number of aliphatic hydroxyl groups is 1. The highest BCUT2D eigenvalue weighted by molar-refractivity contribution is 5.95. The van der Waals surface area contributed by atoms with Gasteiger partial charge in [-0.15, -0.1) is 0 Å². The van der Waals surface area contributed by atoms with Gasteiger partial charge in [0, 0.05) is 25.9 Å². The Morgan fingerprint density at radius 2 is 1.80 bits per heavy atom. The lowest BCUT2D eigenvalue weighted by molar-refractivity contribution is -0.144. The lowest BCUT2D eigenvalue weighted by Gasteiger charge is -2.40. The number of amidine groups is 1. The van der Waals surface area contributed by atoms with Crippen molar-refractivity contribution in [3.8, 4) is 0 Å². The van der Waals surface area contributed by atoms with Crippen LogP contribution in [-0.2, 0) is 33.4 Å². The molecule has 1 aliphatic rings. The van der Waals surface area contributed by atoms with Crippen molar-refractivity contribution in [1.29, 1.82) is 0 Å². The van der Waals surface area contributed by atoms with Gasteiger partial charge in [-0.25, -0.2) is 14.4 Å². The van der Waals surface area contributed by atoms with E-state index in [9.17, 15) is 14.4 Å². The van der Waals surface area contributed by atoms with Crippen LogP contribution in [0.5, 0.6) is 0 Å². The van der Waals surface area contributed by atoms with Crippen LogP contribution in [0.25, 0.3) is 0 Å². The van der Waals surface area contributed by atoms with Gasteiger partial charge in [-0.1, -0.05) is 5.16 Å². The Morgan fingerprint density at radius 3 is 2.33 bits per heavy atom. The van der Waals surface area contributed by atoms with Crippen LogP contribution >= 0.6 is 0 Å². The Hall–Kier alpha value is -2.86. The van der Waals surface area contributed by atoms with Gasteiger partial charge < -0.3 is 39.5 Å². The number of aliphatic hydroxyl groups excluding tert-OH is 1. The molecular weight excluding hydrogens is 402 g/mol. The SMILES string of the molecule is CCOC(=O)C=C(ON=C(N)C1(OCCO)CCN(C(=O)OC)CC1)C(=O)OCC. The maximum Gasteiger partial charge on any atom is 0.409 e. The zero-order valence-electron chi connectivity index (χ0n) is 17.4. The van der Waals surface area contributed by atoms with Crippen LogP contribution in [0.3, 0.4) is 0 Å². The summed E-state index contributed by atoms with van der Waals surface area (Å²) in [5.74, 6) is -2.37. The first kappa shape index (κ1) is 25.2. The molecule has 0 atom stereocenters. The Kier molecular flexibility index (Phi) is 10.6. The summed E-state index contributed by atoms with van der Waals surface area (Å²) < 4.78 is 20.0. The number of nitrogens with two attached hydrogens (primary N) is 1. The molecule has 30 heavy (non-hydrogen) atoms. The lowest BCUT2D eigenvalue weighted by Crippen LogP contribution is -2.55. The zero-order valence-corrected chi connectivity index (χ0v) is 17.4. The average molecular weight is 431 g/mol. The van der Waals surface area contributed by atoms with Gasteiger partial charge in [-0.3, -0.25) is 0 Å². The van der Waals surface area contributed by atoms with E-state index in [0.717, 1.165) is 6.08 Å². The van der Waals surface area contributed by atoms with Crippen molar-refractivity contribution in [2.45, 2.75) is 32.3 Å². The zero-order chi connectivity index (χ0) is 22.6. The third-order valence-electron chi connectivity index (χ3n) is 4.19. The molecule has 0 aliphatic carbocycles. The fourth-order valence-electron chi connectivity index (χ4n) is 2.69. The Labute approximate surface area is 174 Å². The number of hydrogen-bond acceptors (Lipinski definition) is 10. The van der Waals surface area contributed by atoms with Gasteiger partial charge in [0.05, 0.1) is 39.6 Å². The highest BCUT2D eigenvalue weighted by Crippen LogP contribution is 2.27. The van der Waals surface area contributed by atoms with Gasteiger partial charge in [0.15, 0.2) is 5.84 Å². The van der Waals surface area contributed by atoms with Gasteiger partial charge in [0.2, 0.25) is 5.76 Å². The molecule has 3 N–H and O–H groups in total. The molecule has 0 aromatic heterocycles. The van der Waals surface area contributed by atoms with E-state index in [2.05, 4.69) is 5.16 Å². The fraction of sp³-hybridized carbons (Fsp3) is 0.667. The van der Waals surface area contributed by atoms with E-state index >= 15 is 0 Å². The number of piperidine rings is 1. The summed E-state index contributed by atoms with van der Waals surface area (Å²) in [6.45, 7) is 3.58. The molecule has 12 heteroatoms. The largest absolute Gasteiger partial charge is 0.463 e. The molecule has 0 aromatic rings. The number of hydrogen-bond donors (Lipinski definition) is 2. The second kappa shape index (κ2) is 12.6. The number of rotatable bonds is 10. The van der Waals surface area contributed by atoms with Crippen LogP contribution in [0.1, 0.15) is 26.7 Å². The van der Waals surface area contributed by atoms with Crippen LogP contribution in [-0.4, -0.2) is 86.1 Å². The minimum atomic E-state index is -1.14. The normalized spacial score (nSPS) is 16.6. The van der Waals surface area contributed by atoms with Crippen molar-refractivity contribution >= 4 is 23.9 Å². The van der Waals surface area contributed by atoms with Gasteiger partial charge in [0.1, 0.15) is 5.60 Å². The highest BCUT2D eigenvalue weighted by atomic mass is 16.7. The Bertz CT molecular complexity index is 655. The van der Waals surface area contributed by atoms with Crippen LogP contribution in [0.4, 0.5) is 4.79 Å². The summed E-state index contributed by atoms with van der Waals surface area (Å²) in [6, 6.07) is 0. The van der Waals surface area contributed by atoms with Crippen molar-refractivity contribution in [3.05, 3.63) is 11.8 Å². The predicted octanol–water partition coefficient (Wildman–Crippen LogP) is -0.105. The molecule has 0 bridgehead atoms. The van der Waals surface area contributed by atoms with Crippen molar-refractivity contribution in [3.63, 3.8) is 0 Å². The molecule has 1 aliphatic heterocycles. The topological polar surface area (TPSA) is 159 Å². The van der Waals surface area contributed by atoms with Crippen LogP contribution < -0.4 is 5.73 Å². The molecule has 1 saturated heterocycles. The maximum atomic E-state index is 12.0. The minimum absolute atomic E-state index is 0.0299. The molecule has 0 aromatic carbocycles. The first-order valence-corrected chi connectivity index (χ1v) is 9.47. The average Bonchev–Trinajstić information content (AvgIpc) is 2.75. The number of nitrogens with zero attached hydrogens (tertiary/aromatic N) is 2. The lowest BCUT2D eigenvalue weighted by atomic mass is 9.90. The molecular formula is C18H29N3O9. The van der Waals surface area contributed by atoms with Gasteiger partial charge in [-0.2, -0.15) is 0 Å². The number of ether oxygens (including phenoxy) is 4. The molecule has 0 spiro atoms. The quantitative estimate of drug-likeness (QED) is 0.0909. The molecule has 0 unspecified atom stereocenters. The van der Waals surface area contributed by atoms with Gasteiger partial charge >= 0.3 is 18.0 Å². The first-order chi connectivity index (χ1) is 14.3. The molecule has 1 amide bonds. The van der Waals surface area contributed by atoms with Crippen LogP contribution in [0, 0.1) is 0 Å². The predicted molar refractivity (Wildman–Crippen MR) is 103 cm³/mol. The number of carbonyl (C=O) groups excluding carboxylic acids is 3. The second-order valence-corrected chi connectivity index (χ2v) is 6.07. The number of carbonyl (C=O) groups is 3. The molecule has 1 heterocycles. The Morgan fingerprint density at radius 1 is 1.17 bits per heavy atom. The standard InChI is InChI=1S/C18H29N3O9/c1-4-27-14(23)12-13(15(24)28-5-2)30-20-16(19)18(29-11-10-22)6-8-21(9-7-18)17(25)26-3/h12,22H,4-11H2,1-3H3,(H2,19,20). The molecule has 0 saturated carbocycles. The monoisotopic (exact) mass is 431 g/mol. The summed E-state index contributed by atoms with van der Waals surface area (Å²) in [5, 5.41) is 12.9. The number of likely N-dealkylation sites (tertiary alicyclic amines) is 1. The summed E-state index contributed by atoms with van der Waals surface area (Å²) in [7, 11) is 1.28. The molecule has 0 radical (unpaired) electrons. The van der Waals surface area contributed by atoms with Crippen molar-refractivity contribution < 1.29 is 43.3 Å². The number of oxime groups is 1. The van der Waals surface area contributed by atoms with E-state index in [1.165, 1.54) is 12.0 Å². The summed E-state index contributed by atoms with van der Waals surface area (Å²) >= 11 is 0. The van der Waals surface area contributed by atoms with Crippen LogP contribution in [0.15, 0.2) is 17.0 Å². The Balaban J connectivity index is 3.03. The van der Waals surface area contributed by atoms with Gasteiger partial charge in [-0.05, 0) is 13.8 Å². The van der Waals surface area contributed by atoms with Crippen molar-refractivity contribution in [2.24, 2.45) is 10.9 Å². The minimum Gasteiger partial charge on any atom is -0.463 e. The number of amides is 1. The van der Waals surface area contributed by atoms with E-state index in [1.54, 1.807) is 13.8 Å². The third kappa shape index (κ3) is 7.19. The first-order valence-electron chi connectivity index (χ1n) is 9.47. The summed E-state index contributed by atoms with van der Waals surface area (Å²) in [6.07, 6.45) is 0.813. The third-order valence-corrected chi connectivity index (χ3v) is 4.19. The highest BCUT2D eigenvalue weighted by Gasteiger charge is 2.41. The van der Waals surface area contributed by atoms with Gasteiger partial charge in [0.25, 0.3) is 0 Å². The number of esters is 2. The van der Waals surface area contributed by atoms with Crippen molar-refractivity contribution in [1.82, 2.24) is 4.90 Å². The van der Waals surface area contributed by atoms with E-state index in [0.29, 0.717) is 0 Å². The molecule has 1 fully saturated rings. The van der Waals surface area contributed by atoms with Crippen LogP contribution in [0.2, 0.25) is 0 Å². The number of methoxy groups -OCH3 is 1. The smallest absolute Gasteiger partial charge is 0.409 e. The maximum absolute atomic E-state index is 12.0. The van der Waals surface area contributed by atoms with E-state index in [4.69, 9.17) is 34.6 Å². The summed E-state index contributed by atoms with van der Waals surface area (Å²) in [4.78, 5) is 42.0. The fourth-order valence-corrected chi connectivity index (χ4v) is 2.69. The van der Waals surface area contributed by atoms with E-state index < -0.39 is 29.4 Å². The van der Waals surface area contributed by atoms with Crippen molar-refractivity contribution in [2.75, 3.05) is 46.6 Å². The molecule has 1 rings (SSSR count).